The molecular formula is C27H28N4O4S2. The third-order valence-electron chi connectivity index (χ3n) is 5.10. The number of carbonyl (C=O) groups excluding carboxylic acids is 1. The van der Waals surface area contributed by atoms with E-state index >= 15 is 0 Å². The average Bonchev–Trinajstić information content (AvgIpc) is 3.32. The topological polar surface area (TPSA) is 123 Å². The molecule has 0 aliphatic heterocycles. The van der Waals surface area contributed by atoms with Gasteiger partial charge in [-0.05, 0) is 62.7 Å². The molecule has 0 radical (unpaired) electrons. The monoisotopic (exact) mass is 536 g/mol. The minimum atomic E-state index is -3.95. The number of amides is 1. The molecule has 37 heavy (non-hydrogen) atoms. The van der Waals surface area contributed by atoms with E-state index in [4.69, 9.17) is 10.5 Å². The van der Waals surface area contributed by atoms with Gasteiger partial charge in [0, 0.05) is 34.2 Å². The molecule has 1 heterocycles. The molecule has 4 aromatic rings. The number of nitrogens with one attached hydrogen (secondary N) is 2. The van der Waals surface area contributed by atoms with Gasteiger partial charge in [0.25, 0.3) is 0 Å². The van der Waals surface area contributed by atoms with Crippen LogP contribution in [0.25, 0.3) is 21.0 Å². The lowest BCUT2D eigenvalue weighted by atomic mass is 10.1. The number of anilines is 2. The fourth-order valence-corrected chi connectivity index (χ4v) is 6.21. The molecule has 4 N–H and O–H groups in total. The van der Waals surface area contributed by atoms with E-state index in [9.17, 15) is 13.2 Å². The second-order valence-corrected chi connectivity index (χ2v) is 12.1. The number of nitrogens with zero attached hydrogens (tertiary/aromatic N) is 1. The lowest BCUT2D eigenvalue weighted by Crippen LogP contribution is -2.40. The van der Waals surface area contributed by atoms with Crippen molar-refractivity contribution in [3.63, 3.8) is 0 Å². The SMILES string of the molecule is CC(C)(C)NS(=O)(=O)c1cc(NC(=O)OCc2ccccc2)ccc1-c1cnc(-c2ccc(N)cc2)s1. The third kappa shape index (κ3) is 6.94. The van der Waals surface area contributed by atoms with Crippen molar-refractivity contribution in [1.29, 1.82) is 0 Å². The van der Waals surface area contributed by atoms with Crippen molar-refractivity contribution in [1.82, 2.24) is 9.71 Å². The first-order valence-electron chi connectivity index (χ1n) is 11.5. The van der Waals surface area contributed by atoms with Gasteiger partial charge in [-0.15, -0.1) is 11.3 Å². The fourth-order valence-electron chi connectivity index (χ4n) is 3.52. The molecule has 0 aliphatic carbocycles. The van der Waals surface area contributed by atoms with Gasteiger partial charge in [0.1, 0.15) is 11.6 Å². The molecule has 1 aromatic heterocycles. The highest BCUT2D eigenvalue weighted by molar-refractivity contribution is 7.89. The summed E-state index contributed by atoms with van der Waals surface area (Å²) in [4.78, 5) is 17.6. The van der Waals surface area contributed by atoms with Crippen LogP contribution in [0.4, 0.5) is 16.2 Å². The second kappa shape index (κ2) is 10.7. The van der Waals surface area contributed by atoms with E-state index in [0.29, 0.717) is 21.8 Å². The van der Waals surface area contributed by atoms with Gasteiger partial charge in [-0.3, -0.25) is 5.32 Å². The maximum Gasteiger partial charge on any atom is 0.411 e. The molecule has 0 fully saturated rings. The molecule has 10 heteroatoms. The number of carbonyl (C=O) groups is 1. The van der Waals surface area contributed by atoms with Gasteiger partial charge >= 0.3 is 6.09 Å². The van der Waals surface area contributed by atoms with Crippen LogP contribution in [0.2, 0.25) is 0 Å². The van der Waals surface area contributed by atoms with Crippen LogP contribution in [0.5, 0.6) is 0 Å². The fraction of sp³-hybridized carbons (Fsp3) is 0.185. The average molecular weight is 537 g/mol. The largest absolute Gasteiger partial charge is 0.444 e. The van der Waals surface area contributed by atoms with Crippen molar-refractivity contribution in [3.05, 3.63) is 84.6 Å². The van der Waals surface area contributed by atoms with Gasteiger partial charge < -0.3 is 10.5 Å². The molecule has 1 amide bonds. The molecule has 0 saturated carbocycles. The number of nitrogens with two attached hydrogens (primary N) is 1. The zero-order valence-corrected chi connectivity index (χ0v) is 22.3. The Hall–Kier alpha value is -3.73. The van der Waals surface area contributed by atoms with E-state index in [1.807, 2.05) is 42.5 Å². The first-order chi connectivity index (χ1) is 17.5. The van der Waals surface area contributed by atoms with Crippen molar-refractivity contribution < 1.29 is 17.9 Å². The quantitative estimate of drug-likeness (QED) is 0.253. The Bertz CT molecular complexity index is 1490. The Kier molecular flexibility index (Phi) is 7.63. The highest BCUT2D eigenvalue weighted by Gasteiger charge is 2.26. The molecule has 4 rings (SSSR count). The standard InChI is InChI=1S/C27H28N4O4S2/c1-27(2,3)31-37(33,34)24-15-21(30-26(32)35-17-18-7-5-4-6-8-18)13-14-22(24)23-16-29-25(36-23)19-9-11-20(28)12-10-19/h4-16,31H,17,28H2,1-3H3,(H,30,32). The van der Waals surface area contributed by atoms with E-state index in [1.54, 1.807) is 51.2 Å². The van der Waals surface area contributed by atoms with Gasteiger partial charge in [0.15, 0.2) is 0 Å². The normalized spacial score (nSPS) is 11.8. The van der Waals surface area contributed by atoms with Gasteiger partial charge in [0.05, 0.1) is 9.77 Å². The lowest BCUT2D eigenvalue weighted by Gasteiger charge is -2.22. The van der Waals surface area contributed by atoms with E-state index in [-0.39, 0.29) is 11.5 Å². The number of ether oxygens (including phenoxy) is 1. The third-order valence-corrected chi connectivity index (χ3v) is 7.98. The summed E-state index contributed by atoms with van der Waals surface area (Å²) in [5.74, 6) is 0. The van der Waals surface area contributed by atoms with Gasteiger partial charge in [-0.2, -0.15) is 0 Å². The minimum absolute atomic E-state index is 0.0239. The molecule has 3 aromatic carbocycles. The van der Waals surface area contributed by atoms with Crippen molar-refractivity contribution in [2.75, 3.05) is 11.1 Å². The molecule has 8 nitrogen and oxygen atoms in total. The lowest BCUT2D eigenvalue weighted by molar-refractivity contribution is 0.155. The smallest absolute Gasteiger partial charge is 0.411 e. The highest BCUT2D eigenvalue weighted by Crippen LogP contribution is 2.37. The van der Waals surface area contributed by atoms with Crippen LogP contribution in [0.1, 0.15) is 26.3 Å². The van der Waals surface area contributed by atoms with Crippen molar-refractivity contribution in [3.8, 4) is 21.0 Å². The predicted molar refractivity (Wildman–Crippen MR) is 148 cm³/mol. The Morgan fingerprint density at radius 1 is 1.03 bits per heavy atom. The van der Waals surface area contributed by atoms with E-state index in [1.165, 1.54) is 17.4 Å². The Labute approximate surface area is 220 Å². The van der Waals surface area contributed by atoms with Crippen LogP contribution in [-0.2, 0) is 21.4 Å². The second-order valence-electron chi connectivity index (χ2n) is 9.40. The van der Waals surface area contributed by atoms with Gasteiger partial charge in [-0.25, -0.2) is 22.9 Å². The molecule has 0 unspecified atom stereocenters. The van der Waals surface area contributed by atoms with Crippen molar-refractivity contribution >= 4 is 38.8 Å². The Morgan fingerprint density at radius 2 is 1.73 bits per heavy atom. The van der Waals surface area contributed by atoms with E-state index in [0.717, 1.165) is 16.1 Å². The van der Waals surface area contributed by atoms with Crippen molar-refractivity contribution in [2.45, 2.75) is 37.8 Å². The summed E-state index contributed by atoms with van der Waals surface area (Å²) in [5.41, 5.74) is 8.20. The Balaban J connectivity index is 1.64. The predicted octanol–water partition coefficient (Wildman–Crippen LogP) is 5.88. The first-order valence-corrected chi connectivity index (χ1v) is 13.8. The number of hydrogen-bond donors (Lipinski definition) is 3. The molecule has 0 atom stereocenters. The molecule has 0 bridgehead atoms. The molecule has 0 aliphatic rings. The molecule has 0 spiro atoms. The van der Waals surface area contributed by atoms with Crippen LogP contribution in [-0.4, -0.2) is 25.0 Å². The first kappa shape index (κ1) is 26.3. The summed E-state index contributed by atoms with van der Waals surface area (Å²) in [6, 6.07) is 21.3. The van der Waals surface area contributed by atoms with E-state index in [2.05, 4.69) is 15.0 Å². The number of nitrogen functional groups attached to an aromatic ring is 1. The van der Waals surface area contributed by atoms with Crippen LogP contribution in [0.15, 0.2) is 83.9 Å². The molecule has 192 valence electrons. The Morgan fingerprint density at radius 3 is 2.41 bits per heavy atom. The highest BCUT2D eigenvalue weighted by atomic mass is 32.2. The van der Waals surface area contributed by atoms with Crippen LogP contribution in [0.3, 0.4) is 0 Å². The summed E-state index contributed by atoms with van der Waals surface area (Å²) in [6.07, 6.45) is 0.954. The maximum atomic E-state index is 13.4. The zero-order chi connectivity index (χ0) is 26.6. The number of rotatable bonds is 7. The zero-order valence-electron chi connectivity index (χ0n) is 20.7. The summed E-state index contributed by atoms with van der Waals surface area (Å²) < 4.78 is 34.8. The number of sulfonamides is 1. The summed E-state index contributed by atoms with van der Waals surface area (Å²) in [6.45, 7) is 5.38. The number of thiazole rings is 1. The minimum Gasteiger partial charge on any atom is -0.444 e. The van der Waals surface area contributed by atoms with Gasteiger partial charge in [-0.1, -0.05) is 36.4 Å². The summed E-state index contributed by atoms with van der Waals surface area (Å²) in [7, 11) is -3.95. The molecular weight excluding hydrogens is 508 g/mol. The molecule has 0 saturated heterocycles. The summed E-state index contributed by atoms with van der Waals surface area (Å²) in [5, 5.41) is 3.36. The van der Waals surface area contributed by atoms with Crippen LogP contribution >= 0.6 is 11.3 Å². The maximum absolute atomic E-state index is 13.4. The van der Waals surface area contributed by atoms with Crippen LogP contribution < -0.4 is 15.8 Å². The van der Waals surface area contributed by atoms with Crippen LogP contribution in [0, 0.1) is 0 Å². The van der Waals surface area contributed by atoms with Crippen molar-refractivity contribution in [2.24, 2.45) is 0 Å². The van der Waals surface area contributed by atoms with E-state index < -0.39 is 21.7 Å². The number of benzene rings is 3. The number of aromatic nitrogens is 1. The van der Waals surface area contributed by atoms with Gasteiger partial charge in [0.2, 0.25) is 10.0 Å². The summed E-state index contributed by atoms with van der Waals surface area (Å²) >= 11 is 1.36. The number of hydrogen-bond acceptors (Lipinski definition) is 7.